The maximum Gasteiger partial charge on any atom is 0.197 e. The van der Waals surface area contributed by atoms with Crippen LogP contribution in [0.2, 0.25) is 0 Å². The van der Waals surface area contributed by atoms with Crippen LogP contribution in [-0.4, -0.2) is 46.9 Å². The Hall–Kier alpha value is -3.75. The largest absolute Gasteiger partial charge is 0.507 e. The second-order valence-electron chi connectivity index (χ2n) is 7.33. The Kier molecular flexibility index (Phi) is 7.42. The number of benzene rings is 2. The van der Waals surface area contributed by atoms with Gasteiger partial charge in [-0.3, -0.25) is 4.79 Å². The fourth-order valence-electron chi connectivity index (χ4n) is 3.52. The van der Waals surface area contributed by atoms with Crippen molar-refractivity contribution in [1.82, 2.24) is 0 Å². The molecule has 3 aromatic rings. The first kappa shape index (κ1) is 23.9. The van der Waals surface area contributed by atoms with Gasteiger partial charge in [0.15, 0.2) is 16.9 Å². The molecule has 0 saturated heterocycles. The van der Waals surface area contributed by atoms with E-state index < -0.39 is 18.1 Å². The van der Waals surface area contributed by atoms with Gasteiger partial charge in [0.2, 0.25) is 0 Å². The van der Waals surface area contributed by atoms with Crippen LogP contribution in [-0.2, 0) is 12.8 Å². The van der Waals surface area contributed by atoms with Gasteiger partial charge in [-0.1, -0.05) is 12.2 Å². The maximum absolute atomic E-state index is 13.0. The topological polar surface area (TPSA) is 130 Å². The Morgan fingerprint density at radius 2 is 1.76 bits per heavy atom. The summed E-state index contributed by atoms with van der Waals surface area (Å²) >= 11 is 0. The maximum atomic E-state index is 13.0. The van der Waals surface area contributed by atoms with Crippen molar-refractivity contribution in [2.45, 2.75) is 18.9 Å². The van der Waals surface area contributed by atoms with Crippen LogP contribution < -0.4 is 14.9 Å². The summed E-state index contributed by atoms with van der Waals surface area (Å²) in [7, 11) is 1.43. The predicted octanol–water partition coefficient (Wildman–Crippen LogP) is 3.07. The van der Waals surface area contributed by atoms with Gasteiger partial charge in [-0.2, -0.15) is 0 Å². The first-order valence-electron chi connectivity index (χ1n) is 10.2. The highest BCUT2D eigenvalue weighted by molar-refractivity contribution is 5.88. The summed E-state index contributed by atoms with van der Waals surface area (Å²) in [6, 6.07) is 5.89. The van der Waals surface area contributed by atoms with Crippen LogP contribution in [0, 0.1) is 0 Å². The molecule has 0 radical (unpaired) electrons. The van der Waals surface area contributed by atoms with Crippen molar-refractivity contribution in [1.29, 1.82) is 0 Å². The summed E-state index contributed by atoms with van der Waals surface area (Å²) in [4.78, 5) is 13.0. The lowest BCUT2D eigenvalue weighted by Gasteiger charge is -2.16. The third-order valence-electron chi connectivity index (χ3n) is 5.13. The number of allylic oxidation sites excluding steroid dienone is 2. The van der Waals surface area contributed by atoms with Crippen LogP contribution in [0.5, 0.6) is 23.0 Å². The molecule has 33 heavy (non-hydrogen) atoms. The summed E-state index contributed by atoms with van der Waals surface area (Å²) in [5.41, 5.74) is 0.783. The van der Waals surface area contributed by atoms with E-state index in [-0.39, 0.29) is 59.2 Å². The van der Waals surface area contributed by atoms with Crippen LogP contribution >= 0.6 is 0 Å². The Morgan fingerprint density at radius 1 is 1.06 bits per heavy atom. The molecular weight excluding hydrogens is 428 g/mol. The third-order valence-corrected chi connectivity index (χ3v) is 5.13. The highest BCUT2D eigenvalue weighted by atomic mass is 16.5. The molecular formula is C25H26O8. The molecule has 0 spiro atoms. The first-order chi connectivity index (χ1) is 15.9. The van der Waals surface area contributed by atoms with E-state index in [2.05, 4.69) is 13.2 Å². The monoisotopic (exact) mass is 454 g/mol. The first-order valence-corrected chi connectivity index (χ1v) is 10.2. The van der Waals surface area contributed by atoms with Crippen LogP contribution in [0.1, 0.15) is 11.1 Å². The molecule has 8 nitrogen and oxygen atoms in total. The van der Waals surface area contributed by atoms with E-state index in [1.54, 1.807) is 18.2 Å². The van der Waals surface area contributed by atoms with Crippen LogP contribution in [0.15, 0.2) is 58.8 Å². The van der Waals surface area contributed by atoms with Gasteiger partial charge in [0, 0.05) is 28.8 Å². The smallest absolute Gasteiger partial charge is 0.197 e. The summed E-state index contributed by atoms with van der Waals surface area (Å²) in [5.74, 6) is 0.202. The van der Waals surface area contributed by atoms with Crippen molar-refractivity contribution < 1.29 is 34.3 Å². The van der Waals surface area contributed by atoms with Crippen LogP contribution in [0.25, 0.3) is 22.3 Å². The fourth-order valence-corrected chi connectivity index (χ4v) is 3.52. The standard InChI is InChI=1S/C25H26O8/c1-4-6-16-15(8-9-19(31-3)24(16)29)21-10-18(28)23-22(33-21)11-20(32-13-14(27)12-26)17(7-5-2)25(23)30/h4-5,8-11,14,26-27,29-30H,1-2,6-7,12-13H2,3H3. The zero-order valence-corrected chi connectivity index (χ0v) is 18.2. The average Bonchev–Trinajstić information content (AvgIpc) is 2.80. The van der Waals surface area contributed by atoms with Gasteiger partial charge in [-0.15, -0.1) is 13.2 Å². The summed E-state index contributed by atoms with van der Waals surface area (Å²) in [5, 5.41) is 40.0. The van der Waals surface area contributed by atoms with Gasteiger partial charge in [-0.25, -0.2) is 0 Å². The van der Waals surface area contributed by atoms with Crippen molar-refractivity contribution in [2.24, 2.45) is 0 Å². The fraction of sp³-hybridized carbons (Fsp3) is 0.240. The van der Waals surface area contributed by atoms with E-state index in [0.29, 0.717) is 16.7 Å². The highest BCUT2D eigenvalue weighted by Crippen LogP contribution is 2.40. The number of ether oxygens (including phenoxy) is 2. The minimum atomic E-state index is -1.12. The third kappa shape index (κ3) is 4.72. The number of aromatic hydroxyl groups is 2. The van der Waals surface area contributed by atoms with Crippen molar-refractivity contribution in [3.8, 4) is 34.3 Å². The molecule has 0 bridgehead atoms. The summed E-state index contributed by atoms with van der Waals surface area (Å²) in [6.45, 7) is 6.63. The molecule has 0 aliphatic heterocycles. The van der Waals surface area contributed by atoms with Gasteiger partial charge in [-0.05, 0) is 25.0 Å². The Labute approximate surface area is 190 Å². The Balaban J connectivity index is 2.24. The molecule has 174 valence electrons. The molecule has 1 unspecified atom stereocenters. The number of rotatable bonds is 10. The van der Waals surface area contributed by atoms with Gasteiger partial charge in [0.05, 0.1) is 13.7 Å². The quantitative estimate of drug-likeness (QED) is 0.344. The number of phenolic OH excluding ortho intramolecular Hbond substituents is 2. The molecule has 0 fully saturated rings. The van der Waals surface area contributed by atoms with E-state index in [9.17, 15) is 20.1 Å². The predicted molar refractivity (Wildman–Crippen MR) is 124 cm³/mol. The second-order valence-corrected chi connectivity index (χ2v) is 7.33. The number of methoxy groups -OCH3 is 1. The van der Waals surface area contributed by atoms with Gasteiger partial charge in [0.25, 0.3) is 0 Å². The molecule has 3 rings (SSSR count). The lowest BCUT2D eigenvalue weighted by molar-refractivity contribution is 0.0533. The zero-order valence-electron chi connectivity index (χ0n) is 18.2. The SMILES string of the molecule is C=CCc1c(-c2cc(=O)c3c(O)c(CC=C)c(OCC(O)CO)cc3o2)ccc(OC)c1O. The highest BCUT2D eigenvalue weighted by Gasteiger charge is 2.21. The van der Waals surface area contributed by atoms with E-state index in [4.69, 9.17) is 19.0 Å². The van der Waals surface area contributed by atoms with E-state index >= 15 is 0 Å². The summed E-state index contributed by atoms with van der Waals surface area (Å²) < 4.78 is 16.7. The number of hydrogen-bond donors (Lipinski definition) is 4. The average molecular weight is 454 g/mol. The molecule has 1 atom stereocenters. The van der Waals surface area contributed by atoms with E-state index in [0.717, 1.165) is 0 Å². The van der Waals surface area contributed by atoms with Crippen LogP contribution in [0.3, 0.4) is 0 Å². The van der Waals surface area contributed by atoms with E-state index in [1.807, 2.05) is 0 Å². The number of hydrogen-bond acceptors (Lipinski definition) is 8. The normalized spacial score (nSPS) is 11.8. The van der Waals surface area contributed by atoms with Gasteiger partial charge < -0.3 is 34.3 Å². The Bertz CT molecular complexity index is 1240. The number of fused-ring (bicyclic) bond motifs is 1. The molecule has 8 heteroatoms. The number of aliphatic hydroxyl groups excluding tert-OH is 2. The molecule has 1 heterocycles. The lowest BCUT2D eigenvalue weighted by Crippen LogP contribution is -2.21. The lowest BCUT2D eigenvalue weighted by atomic mass is 9.99. The molecule has 0 amide bonds. The summed E-state index contributed by atoms with van der Waals surface area (Å²) in [6.07, 6.45) is 2.50. The molecule has 2 aromatic carbocycles. The van der Waals surface area contributed by atoms with Gasteiger partial charge in [0.1, 0.15) is 40.9 Å². The molecule has 1 aromatic heterocycles. The van der Waals surface area contributed by atoms with E-state index in [1.165, 1.54) is 25.3 Å². The van der Waals surface area contributed by atoms with Gasteiger partial charge >= 0.3 is 0 Å². The minimum absolute atomic E-state index is 0.0336. The molecule has 0 aliphatic carbocycles. The molecule has 0 aliphatic rings. The van der Waals surface area contributed by atoms with Crippen molar-refractivity contribution in [3.05, 3.63) is 70.9 Å². The number of aliphatic hydroxyl groups is 2. The zero-order chi connectivity index (χ0) is 24.1. The number of phenols is 2. The van der Waals surface area contributed by atoms with Crippen LogP contribution in [0.4, 0.5) is 0 Å². The van der Waals surface area contributed by atoms with Crippen molar-refractivity contribution in [2.75, 3.05) is 20.3 Å². The van der Waals surface area contributed by atoms with Crippen molar-refractivity contribution >= 4 is 11.0 Å². The Morgan fingerprint density at radius 3 is 2.39 bits per heavy atom. The van der Waals surface area contributed by atoms with Crippen molar-refractivity contribution in [3.63, 3.8) is 0 Å². The molecule has 4 N–H and O–H groups in total. The minimum Gasteiger partial charge on any atom is -0.507 e. The second kappa shape index (κ2) is 10.2. The molecule has 0 saturated carbocycles.